The fourth-order valence-corrected chi connectivity index (χ4v) is 5.81. The average Bonchev–Trinajstić information content (AvgIpc) is 3.27. The molecule has 196 valence electrons. The average molecular weight is 545 g/mol. The van der Waals surface area contributed by atoms with E-state index >= 15 is 0 Å². The maximum absolute atomic E-state index is 13.7. The molecule has 0 unspecified atom stereocenters. The summed E-state index contributed by atoms with van der Waals surface area (Å²) in [6.45, 7) is 7.76. The first-order valence-corrected chi connectivity index (χ1v) is 13.7. The van der Waals surface area contributed by atoms with Crippen molar-refractivity contribution < 1.29 is 22.7 Å². The minimum absolute atomic E-state index is 0.00662. The van der Waals surface area contributed by atoms with Gasteiger partial charge in [-0.05, 0) is 69.0 Å². The lowest BCUT2D eigenvalue weighted by Crippen LogP contribution is -2.33. The van der Waals surface area contributed by atoms with Crippen molar-refractivity contribution >= 4 is 33.2 Å². The Morgan fingerprint density at radius 3 is 2.68 bits per heavy atom. The quantitative estimate of drug-likeness (QED) is 0.348. The van der Waals surface area contributed by atoms with Gasteiger partial charge in [0.1, 0.15) is 17.2 Å². The monoisotopic (exact) mass is 544 g/mol. The van der Waals surface area contributed by atoms with Gasteiger partial charge < -0.3 is 9.47 Å². The van der Waals surface area contributed by atoms with Gasteiger partial charge in [0.15, 0.2) is 0 Å². The van der Waals surface area contributed by atoms with Gasteiger partial charge in [0, 0.05) is 28.9 Å². The molecule has 0 aliphatic heterocycles. The molecule has 2 heterocycles. The molecule has 0 saturated heterocycles. The van der Waals surface area contributed by atoms with Crippen LogP contribution < -0.4 is 4.74 Å². The molecule has 0 spiro atoms. The third-order valence-electron chi connectivity index (χ3n) is 6.25. The fourth-order valence-electron chi connectivity index (χ4n) is 4.35. The molecule has 0 amide bonds. The van der Waals surface area contributed by atoms with Crippen LogP contribution in [-0.2, 0) is 32.5 Å². The van der Waals surface area contributed by atoms with Crippen molar-refractivity contribution in [1.82, 2.24) is 19.1 Å². The van der Waals surface area contributed by atoms with E-state index in [1.807, 2.05) is 0 Å². The molecule has 37 heavy (non-hydrogen) atoms. The molecule has 0 fully saturated rings. The lowest BCUT2D eigenvalue weighted by molar-refractivity contribution is -0.144. The van der Waals surface area contributed by atoms with Gasteiger partial charge >= 0.3 is 5.97 Å². The zero-order valence-electron chi connectivity index (χ0n) is 21.0. The van der Waals surface area contributed by atoms with Crippen LogP contribution in [0.15, 0.2) is 54.2 Å². The molecule has 1 aromatic carbocycles. The van der Waals surface area contributed by atoms with Crippen LogP contribution in [0.5, 0.6) is 11.6 Å². The Balaban J connectivity index is 1.62. The first-order valence-electron chi connectivity index (χ1n) is 11.9. The Morgan fingerprint density at radius 1 is 1.27 bits per heavy atom. The number of benzene rings is 1. The van der Waals surface area contributed by atoms with Crippen molar-refractivity contribution in [3.05, 3.63) is 71.1 Å². The molecular weight excluding hydrogens is 516 g/mol. The number of rotatable bonds is 9. The summed E-state index contributed by atoms with van der Waals surface area (Å²) in [7, 11) is -2.37. The van der Waals surface area contributed by atoms with E-state index in [0.29, 0.717) is 34.8 Å². The van der Waals surface area contributed by atoms with E-state index < -0.39 is 16.1 Å². The second-order valence-corrected chi connectivity index (χ2v) is 11.2. The molecule has 1 aliphatic carbocycles. The van der Waals surface area contributed by atoms with Crippen LogP contribution in [0.1, 0.15) is 49.6 Å². The number of hydrogen-bond donors (Lipinski definition) is 0. The maximum Gasteiger partial charge on any atom is 0.327 e. The van der Waals surface area contributed by atoms with Crippen molar-refractivity contribution in [3.8, 4) is 11.6 Å². The number of sulfonamides is 1. The third kappa shape index (κ3) is 5.71. The first kappa shape index (κ1) is 26.8. The molecule has 3 aromatic rings. The van der Waals surface area contributed by atoms with Crippen LogP contribution in [-0.4, -0.2) is 47.1 Å². The summed E-state index contributed by atoms with van der Waals surface area (Å²) >= 11 is 5.95. The number of allylic oxidation sites excluding steroid dienone is 1. The molecule has 9 nitrogen and oxygen atoms in total. The molecule has 2 aromatic heterocycles. The van der Waals surface area contributed by atoms with Crippen molar-refractivity contribution in [2.24, 2.45) is 0 Å². The maximum atomic E-state index is 13.7. The summed E-state index contributed by atoms with van der Waals surface area (Å²) in [5.74, 6) is 0.383. The van der Waals surface area contributed by atoms with Crippen LogP contribution in [0.3, 0.4) is 0 Å². The molecule has 4 rings (SSSR count). The molecule has 0 bridgehead atoms. The van der Waals surface area contributed by atoms with E-state index in [1.54, 1.807) is 56.0 Å². The van der Waals surface area contributed by atoms with Crippen molar-refractivity contribution in [2.75, 3.05) is 13.7 Å². The predicted octanol–water partition coefficient (Wildman–Crippen LogP) is 5.02. The Kier molecular flexibility index (Phi) is 8.01. The van der Waals surface area contributed by atoms with Crippen LogP contribution >= 0.6 is 11.6 Å². The van der Waals surface area contributed by atoms with E-state index in [2.05, 4.69) is 16.7 Å². The van der Waals surface area contributed by atoms with Crippen molar-refractivity contribution in [2.45, 2.75) is 50.6 Å². The van der Waals surface area contributed by atoms with Gasteiger partial charge in [-0.15, -0.1) is 0 Å². The highest BCUT2D eigenvalue weighted by molar-refractivity contribution is 7.89. The molecule has 1 atom stereocenters. The highest BCUT2D eigenvalue weighted by atomic mass is 35.5. The zero-order chi connectivity index (χ0) is 26.7. The van der Waals surface area contributed by atoms with E-state index in [0.717, 1.165) is 17.7 Å². The second-order valence-electron chi connectivity index (χ2n) is 8.80. The number of ether oxygens (including phenoxy) is 2. The Bertz CT molecular complexity index is 1420. The fraction of sp³-hybridized carbons (Fsp3) is 0.346. The summed E-state index contributed by atoms with van der Waals surface area (Å²) in [6.07, 6.45) is 5.03. The van der Waals surface area contributed by atoms with Gasteiger partial charge in [-0.3, -0.25) is 9.48 Å². The van der Waals surface area contributed by atoms with Gasteiger partial charge in [0.2, 0.25) is 15.9 Å². The van der Waals surface area contributed by atoms with Gasteiger partial charge in [-0.1, -0.05) is 18.2 Å². The summed E-state index contributed by atoms with van der Waals surface area (Å²) in [4.78, 5) is 16.3. The van der Waals surface area contributed by atoms with Crippen LogP contribution in [0.2, 0.25) is 5.02 Å². The highest BCUT2D eigenvalue weighted by Gasteiger charge is 2.35. The van der Waals surface area contributed by atoms with Crippen molar-refractivity contribution in [1.29, 1.82) is 0 Å². The van der Waals surface area contributed by atoms with E-state index in [9.17, 15) is 13.2 Å². The smallest absolute Gasteiger partial charge is 0.327 e. The normalized spacial score (nSPS) is 15.3. The summed E-state index contributed by atoms with van der Waals surface area (Å²) in [6, 6.07) is 7.89. The molecule has 11 heteroatoms. The minimum Gasteiger partial charge on any atom is -0.465 e. The van der Waals surface area contributed by atoms with Gasteiger partial charge in [-0.25, -0.2) is 13.4 Å². The number of aromatic nitrogens is 3. The Morgan fingerprint density at radius 2 is 2.00 bits per heavy atom. The number of carbonyl (C=O) groups excluding carboxylic acids is 1. The molecule has 0 saturated carbocycles. The molecule has 0 N–H and O–H groups in total. The van der Waals surface area contributed by atoms with Gasteiger partial charge in [0.25, 0.3) is 0 Å². The summed E-state index contributed by atoms with van der Waals surface area (Å²) in [5, 5.41) is 4.92. The number of carbonyl (C=O) groups is 1. The lowest BCUT2D eigenvalue weighted by Gasteiger charge is -2.31. The Labute approximate surface area is 221 Å². The number of esters is 1. The van der Waals surface area contributed by atoms with Gasteiger partial charge in [0.05, 0.1) is 25.0 Å². The summed E-state index contributed by atoms with van der Waals surface area (Å²) in [5.41, 5.74) is 2.73. The SMILES string of the molecule is C=C(C)c1cc(S(=O)(=O)N(C)[C@@H]2CCCc3c2cnn3CC(=O)OCC)cnc1Oc1ccc(Cl)cc1. The van der Waals surface area contributed by atoms with E-state index in [4.69, 9.17) is 21.1 Å². The minimum atomic E-state index is -3.93. The number of halogens is 1. The topological polar surface area (TPSA) is 104 Å². The zero-order valence-corrected chi connectivity index (χ0v) is 22.6. The number of fused-ring (bicyclic) bond motifs is 1. The molecular formula is C26H29ClN4O5S. The standard InChI is InChI=1S/C26H29ClN4O5S/c1-5-35-25(32)16-31-24-8-6-7-23(22(24)15-29-31)30(4)37(33,34)20-13-21(17(2)3)26(28-14-20)36-19-11-9-18(27)10-12-19/h9-15,23H,2,5-8,16H2,1,3-4H3/t23-/m1/s1. The predicted molar refractivity (Wildman–Crippen MR) is 140 cm³/mol. The van der Waals surface area contributed by atoms with Crippen LogP contribution in [0, 0.1) is 0 Å². The number of hydrogen-bond acceptors (Lipinski definition) is 7. The van der Waals surface area contributed by atoms with Gasteiger partial charge in [-0.2, -0.15) is 9.40 Å². The Hall–Kier alpha value is -3.21. The summed E-state index contributed by atoms with van der Waals surface area (Å²) < 4.78 is 41.3. The van der Waals surface area contributed by atoms with Crippen molar-refractivity contribution in [3.63, 3.8) is 0 Å². The highest BCUT2D eigenvalue weighted by Crippen LogP contribution is 2.37. The lowest BCUT2D eigenvalue weighted by atomic mass is 9.93. The van der Waals surface area contributed by atoms with Crippen LogP contribution in [0.4, 0.5) is 0 Å². The van der Waals surface area contributed by atoms with Crippen LogP contribution in [0.25, 0.3) is 5.57 Å². The largest absolute Gasteiger partial charge is 0.465 e. The van der Waals surface area contributed by atoms with E-state index in [-0.39, 0.29) is 29.9 Å². The molecule has 1 aliphatic rings. The third-order valence-corrected chi connectivity index (χ3v) is 8.33. The van der Waals surface area contributed by atoms with E-state index in [1.165, 1.54) is 16.6 Å². The number of nitrogens with zero attached hydrogens (tertiary/aromatic N) is 4. The second kappa shape index (κ2) is 11.0. The molecule has 0 radical (unpaired) electrons. The number of pyridine rings is 1. The first-order chi connectivity index (χ1) is 17.6.